The Bertz CT molecular complexity index is 570. The van der Waals surface area contributed by atoms with Gasteiger partial charge in [-0.25, -0.2) is 9.83 Å². The number of hydrogen-bond acceptors (Lipinski definition) is 6. The summed E-state index contributed by atoms with van der Waals surface area (Å²) >= 11 is 0. The molecule has 2 saturated heterocycles. The lowest BCUT2D eigenvalue weighted by molar-refractivity contribution is -0.115. The molecule has 4 rings (SSSR count). The molecule has 4 aliphatic heterocycles. The van der Waals surface area contributed by atoms with E-state index in [-0.39, 0.29) is 11.9 Å². The van der Waals surface area contributed by atoms with Crippen LogP contribution in [0.15, 0.2) is 28.5 Å². The van der Waals surface area contributed by atoms with Gasteiger partial charge in [0.1, 0.15) is 6.34 Å². The van der Waals surface area contributed by atoms with Gasteiger partial charge in [0, 0.05) is 37.0 Å². The van der Waals surface area contributed by atoms with Gasteiger partial charge in [-0.05, 0) is 19.4 Å². The van der Waals surface area contributed by atoms with Gasteiger partial charge in [-0.1, -0.05) is 6.08 Å². The molecule has 4 aliphatic rings. The van der Waals surface area contributed by atoms with E-state index in [1.165, 1.54) is 5.70 Å². The van der Waals surface area contributed by atoms with Crippen LogP contribution in [0.1, 0.15) is 19.3 Å². The summed E-state index contributed by atoms with van der Waals surface area (Å²) < 4.78 is 0. The molecule has 21 heavy (non-hydrogen) atoms. The van der Waals surface area contributed by atoms with Crippen molar-refractivity contribution in [1.29, 1.82) is 0 Å². The van der Waals surface area contributed by atoms with Gasteiger partial charge in [0.2, 0.25) is 11.6 Å². The molecule has 3 N–H and O–H groups in total. The van der Waals surface area contributed by atoms with Gasteiger partial charge in [0.15, 0.2) is 0 Å². The third-order valence-corrected chi connectivity index (χ3v) is 4.75. The first-order valence-corrected chi connectivity index (χ1v) is 7.35. The molecule has 2 bridgehead atoms. The number of fused-ring (bicyclic) bond motifs is 5. The number of nitrogens with two attached hydrogens (primary N) is 1. The minimum Gasteiger partial charge on any atom is -0.366 e. The van der Waals surface area contributed by atoms with E-state index in [0.717, 1.165) is 32.5 Å². The van der Waals surface area contributed by atoms with Crippen LogP contribution in [0.25, 0.3) is 0 Å². The normalized spacial score (nSPS) is 37.4. The number of nitrogens with one attached hydrogen (secondary N) is 1. The molecule has 7 nitrogen and oxygen atoms in total. The summed E-state index contributed by atoms with van der Waals surface area (Å²) in [6.45, 7) is 2.83. The predicted octanol–water partition coefficient (Wildman–Crippen LogP) is -0.317. The van der Waals surface area contributed by atoms with Crippen molar-refractivity contribution in [1.82, 2.24) is 15.3 Å². The van der Waals surface area contributed by atoms with Crippen LogP contribution in [-0.2, 0) is 9.63 Å². The van der Waals surface area contributed by atoms with Crippen molar-refractivity contribution in [2.75, 3.05) is 19.6 Å². The molecule has 1 amide bonds. The summed E-state index contributed by atoms with van der Waals surface area (Å²) in [5, 5.41) is 0. The number of allylic oxidation sites excluding steroid dienone is 1. The van der Waals surface area contributed by atoms with Crippen LogP contribution in [0, 0.1) is 0 Å². The first kappa shape index (κ1) is 12.8. The van der Waals surface area contributed by atoms with Gasteiger partial charge in [-0.3, -0.25) is 15.2 Å². The van der Waals surface area contributed by atoms with Gasteiger partial charge < -0.3 is 10.6 Å². The van der Waals surface area contributed by atoms with Crippen LogP contribution >= 0.6 is 0 Å². The molecule has 0 radical (unpaired) electrons. The highest BCUT2D eigenvalue weighted by atomic mass is 16.7. The summed E-state index contributed by atoms with van der Waals surface area (Å²) in [7, 11) is 0. The van der Waals surface area contributed by atoms with Crippen LogP contribution in [-0.4, -0.2) is 53.4 Å². The van der Waals surface area contributed by atoms with Crippen LogP contribution in [0.3, 0.4) is 0 Å². The Morgan fingerprint density at radius 2 is 2.48 bits per heavy atom. The molecule has 7 heteroatoms. The lowest BCUT2D eigenvalue weighted by atomic mass is 9.94. The molecule has 1 spiro atoms. The fraction of sp³-hybridized carbons (Fsp3) is 0.571. The zero-order chi connectivity index (χ0) is 14.4. The van der Waals surface area contributed by atoms with E-state index in [0.29, 0.717) is 12.0 Å². The average molecular weight is 289 g/mol. The fourth-order valence-corrected chi connectivity index (χ4v) is 3.68. The zero-order valence-electron chi connectivity index (χ0n) is 11.8. The van der Waals surface area contributed by atoms with Gasteiger partial charge in [-0.2, -0.15) is 0 Å². The molecule has 3 unspecified atom stereocenters. The van der Waals surface area contributed by atoms with Gasteiger partial charge in [-0.15, -0.1) is 0 Å². The third kappa shape index (κ3) is 1.96. The Hall–Kier alpha value is -1.86. The molecule has 112 valence electrons. The second-order valence-electron chi connectivity index (χ2n) is 6.00. The fourth-order valence-electron chi connectivity index (χ4n) is 3.68. The van der Waals surface area contributed by atoms with Crippen molar-refractivity contribution in [3.8, 4) is 0 Å². The Balaban J connectivity index is 1.74. The minimum absolute atomic E-state index is 0.0564. The van der Waals surface area contributed by atoms with Crippen LogP contribution < -0.4 is 11.2 Å². The van der Waals surface area contributed by atoms with Gasteiger partial charge in [0.05, 0.1) is 6.04 Å². The van der Waals surface area contributed by atoms with Crippen molar-refractivity contribution < 1.29 is 9.63 Å². The van der Waals surface area contributed by atoms with Crippen molar-refractivity contribution >= 4 is 12.2 Å². The van der Waals surface area contributed by atoms with E-state index in [4.69, 9.17) is 10.6 Å². The first-order chi connectivity index (χ1) is 10.2. The quantitative estimate of drug-likeness (QED) is 0.691. The highest BCUT2D eigenvalue weighted by Crippen LogP contribution is 2.39. The summed E-state index contributed by atoms with van der Waals surface area (Å²) in [5.74, 6) is -0.357. The second kappa shape index (κ2) is 4.57. The molecule has 3 atom stereocenters. The van der Waals surface area contributed by atoms with Crippen molar-refractivity contribution in [3.05, 3.63) is 23.5 Å². The second-order valence-corrected chi connectivity index (χ2v) is 6.00. The van der Waals surface area contributed by atoms with Gasteiger partial charge >= 0.3 is 0 Å². The number of piperazine rings is 1. The number of rotatable bonds is 1. The minimum atomic E-state index is -0.579. The zero-order valence-corrected chi connectivity index (χ0v) is 11.8. The molecule has 0 aromatic heterocycles. The highest BCUT2D eigenvalue weighted by molar-refractivity contribution is 5.92. The van der Waals surface area contributed by atoms with E-state index in [9.17, 15) is 4.79 Å². The topological polar surface area (TPSA) is 83.2 Å². The van der Waals surface area contributed by atoms with E-state index in [1.54, 1.807) is 6.34 Å². The molecular formula is C14H19N5O2. The Kier molecular flexibility index (Phi) is 2.80. The van der Waals surface area contributed by atoms with Crippen molar-refractivity contribution in [2.45, 2.75) is 31.0 Å². The smallest absolute Gasteiger partial charge is 0.246 e. The Labute approximate surface area is 123 Å². The van der Waals surface area contributed by atoms with E-state index < -0.39 is 5.72 Å². The van der Waals surface area contributed by atoms with E-state index in [2.05, 4.69) is 26.3 Å². The summed E-state index contributed by atoms with van der Waals surface area (Å²) in [4.78, 5) is 26.4. The molecule has 0 aliphatic carbocycles. The molecule has 2 fully saturated rings. The Morgan fingerprint density at radius 1 is 1.57 bits per heavy atom. The third-order valence-electron chi connectivity index (χ3n) is 4.75. The standard InChI is InChI=1S/C14H19N5O2/c15-13(20)10-2-3-11-7-18-5-1-4-14(16-9-17-21-14)12(8-18)19(11)6-10/h3,6,9,12H,1-2,4-5,7-8H2,(H2,15,20)(H,16,17). The first-order valence-electron chi connectivity index (χ1n) is 7.35. The molecule has 4 heterocycles. The number of hydroxylamine groups is 1. The summed E-state index contributed by atoms with van der Waals surface area (Å²) in [5.41, 5.74) is 9.49. The van der Waals surface area contributed by atoms with Crippen LogP contribution in [0.4, 0.5) is 0 Å². The lowest BCUT2D eigenvalue weighted by Crippen LogP contribution is -2.59. The van der Waals surface area contributed by atoms with E-state index >= 15 is 0 Å². The van der Waals surface area contributed by atoms with Crippen molar-refractivity contribution in [3.63, 3.8) is 0 Å². The number of amides is 1. The van der Waals surface area contributed by atoms with Crippen LogP contribution in [0.5, 0.6) is 0 Å². The van der Waals surface area contributed by atoms with Crippen molar-refractivity contribution in [2.24, 2.45) is 10.7 Å². The van der Waals surface area contributed by atoms with Crippen LogP contribution in [0.2, 0.25) is 0 Å². The molecule has 0 aromatic carbocycles. The maximum Gasteiger partial charge on any atom is 0.246 e. The molecular weight excluding hydrogens is 270 g/mol. The highest BCUT2D eigenvalue weighted by Gasteiger charge is 2.50. The SMILES string of the molecule is NC(=O)C1=CN2C(=CC1)CN1CCCC3(N=CNO3)C2C1. The summed E-state index contributed by atoms with van der Waals surface area (Å²) in [6.07, 6.45) is 8.13. The molecule has 0 saturated carbocycles. The number of carbonyl (C=O) groups excluding carboxylic acids is 1. The number of hydrogen-bond donors (Lipinski definition) is 2. The maximum absolute atomic E-state index is 11.5. The lowest BCUT2D eigenvalue weighted by Gasteiger charge is -2.47. The number of carbonyl (C=O) groups is 1. The Morgan fingerprint density at radius 3 is 3.24 bits per heavy atom. The number of nitrogens with zero attached hydrogens (tertiary/aromatic N) is 3. The van der Waals surface area contributed by atoms with Gasteiger partial charge in [0.25, 0.3) is 0 Å². The maximum atomic E-state index is 11.5. The average Bonchev–Trinajstić information content (AvgIpc) is 2.90. The number of aliphatic imine (C=N–C) groups is 1. The number of primary amides is 1. The predicted molar refractivity (Wildman–Crippen MR) is 76.7 cm³/mol. The van der Waals surface area contributed by atoms with E-state index in [1.807, 2.05) is 6.20 Å². The largest absolute Gasteiger partial charge is 0.366 e. The monoisotopic (exact) mass is 289 g/mol. The summed E-state index contributed by atoms with van der Waals surface area (Å²) in [6, 6.07) is 0.0564. The molecule has 0 aromatic rings.